The standard InChI is InChI=1S/C17H14ClN3O2/c18-13-4-2-1-3-12(13)16(10-5-6-10)23-17(22)14-7-11-8-20-21-15(11)9-19-14/h1-4,7-10,16H,5-6H2,(H,20,21). The smallest absolute Gasteiger partial charge is 0.357 e. The van der Waals surface area contributed by atoms with Gasteiger partial charge in [0, 0.05) is 21.9 Å². The van der Waals surface area contributed by atoms with E-state index in [-0.39, 0.29) is 11.8 Å². The van der Waals surface area contributed by atoms with Gasteiger partial charge in [0.2, 0.25) is 0 Å². The number of H-pyrrole nitrogens is 1. The number of hydrogen-bond donors (Lipinski definition) is 1. The van der Waals surface area contributed by atoms with Crippen LogP contribution in [0.15, 0.2) is 42.7 Å². The number of aromatic amines is 1. The van der Waals surface area contributed by atoms with Crippen LogP contribution in [0.3, 0.4) is 0 Å². The van der Waals surface area contributed by atoms with Gasteiger partial charge in [0.1, 0.15) is 11.8 Å². The molecular weight excluding hydrogens is 314 g/mol. The molecule has 2 aromatic heterocycles. The Balaban J connectivity index is 1.61. The Morgan fingerprint density at radius 2 is 2.13 bits per heavy atom. The molecule has 1 unspecified atom stereocenters. The Labute approximate surface area is 137 Å². The molecule has 1 fully saturated rings. The quantitative estimate of drug-likeness (QED) is 0.737. The molecule has 1 saturated carbocycles. The number of pyridine rings is 1. The first-order valence-electron chi connectivity index (χ1n) is 7.47. The monoisotopic (exact) mass is 327 g/mol. The van der Waals surface area contributed by atoms with E-state index in [2.05, 4.69) is 15.2 Å². The maximum atomic E-state index is 12.5. The molecule has 0 spiro atoms. The van der Waals surface area contributed by atoms with Crippen LogP contribution in [0.1, 0.15) is 35.0 Å². The molecular formula is C17H14ClN3O2. The summed E-state index contributed by atoms with van der Waals surface area (Å²) in [6, 6.07) is 9.17. The maximum absolute atomic E-state index is 12.5. The third-order valence-electron chi connectivity index (χ3n) is 4.03. The van der Waals surface area contributed by atoms with Crippen molar-refractivity contribution in [1.29, 1.82) is 0 Å². The minimum absolute atomic E-state index is 0.275. The van der Waals surface area contributed by atoms with Crippen molar-refractivity contribution in [3.8, 4) is 0 Å². The predicted molar refractivity (Wildman–Crippen MR) is 86.2 cm³/mol. The molecule has 1 atom stereocenters. The number of carbonyl (C=O) groups is 1. The fraction of sp³-hybridized carbons (Fsp3) is 0.235. The minimum atomic E-state index is -0.440. The first-order valence-corrected chi connectivity index (χ1v) is 7.85. The van der Waals surface area contributed by atoms with Gasteiger partial charge in [0.25, 0.3) is 0 Å². The SMILES string of the molecule is O=C(OC(c1ccccc1Cl)C1CC1)c1cc2cn[nH]c2cn1. The van der Waals surface area contributed by atoms with Crippen molar-refractivity contribution < 1.29 is 9.53 Å². The molecule has 4 rings (SSSR count). The Morgan fingerprint density at radius 3 is 2.91 bits per heavy atom. The van der Waals surface area contributed by atoms with Crippen LogP contribution in [0.4, 0.5) is 0 Å². The van der Waals surface area contributed by atoms with Crippen molar-refractivity contribution in [2.24, 2.45) is 5.92 Å². The molecule has 1 N–H and O–H groups in total. The molecule has 0 aliphatic heterocycles. The lowest BCUT2D eigenvalue weighted by atomic mass is 10.1. The number of hydrogen-bond acceptors (Lipinski definition) is 4. The van der Waals surface area contributed by atoms with Crippen LogP contribution in [0.25, 0.3) is 10.9 Å². The van der Waals surface area contributed by atoms with Crippen molar-refractivity contribution in [2.45, 2.75) is 18.9 Å². The number of halogens is 1. The van der Waals surface area contributed by atoms with Gasteiger partial charge in [-0.2, -0.15) is 5.10 Å². The lowest BCUT2D eigenvalue weighted by Gasteiger charge is -2.18. The molecule has 116 valence electrons. The molecule has 1 aliphatic carbocycles. The molecule has 23 heavy (non-hydrogen) atoms. The lowest BCUT2D eigenvalue weighted by Crippen LogP contribution is -2.15. The second kappa shape index (κ2) is 5.66. The van der Waals surface area contributed by atoms with Crippen LogP contribution >= 0.6 is 11.6 Å². The van der Waals surface area contributed by atoms with Crippen molar-refractivity contribution in [3.05, 3.63) is 59.0 Å². The zero-order valence-electron chi connectivity index (χ0n) is 12.2. The van der Waals surface area contributed by atoms with E-state index in [0.717, 1.165) is 29.3 Å². The highest BCUT2D eigenvalue weighted by Gasteiger charge is 2.36. The first-order chi connectivity index (χ1) is 11.2. The summed E-state index contributed by atoms with van der Waals surface area (Å²) in [4.78, 5) is 16.6. The summed E-state index contributed by atoms with van der Waals surface area (Å²) in [5.74, 6) is -0.110. The Kier molecular flexibility index (Phi) is 3.50. The molecule has 3 aromatic rings. The van der Waals surface area contributed by atoms with E-state index in [1.54, 1.807) is 18.5 Å². The van der Waals surface area contributed by atoms with Gasteiger partial charge in [-0.05, 0) is 25.0 Å². The highest BCUT2D eigenvalue weighted by molar-refractivity contribution is 6.31. The normalized spacial score (nSPS) is 15.5. The molecule has 2 heterocycles. The van der Waals surface area contributed by atoms with Gasteiger partial charge in [0.15, 0.2) is 0 Å². The summed E-state index contributed by atoms with van der Waals surface area (Å²) < 4.78 is 5.74. The fourth-order valence-electron chi connectivity index (χ4n) is 2.65. The zero-order valence-corrected chi connectivity index (χ0v) is 13.0. The topological polar surface area (TPSA) is 67.9 Å². The van der Waals surface area contributed by atoms with Crippen LogP contribution in [0, 0.1) is 5.92 Å². The number of benzene rings is 1. The lowest BCUT2D eigenvalue weighted by molar-refractivity contribution is 0.0235. The molecule has 1 aliphatic rings. The van der Waals surface area contributed by atoms with Crippen LogP contribution in [-0.4, -0.2) is 21.2 Å². The minimum Gasteiger partial charge on any atom is -0.452 e. The summed E-state index contributed by atoms with van der Waals surface area (Å²) in [5, 5.41) is 8.18. The molecule has 6 heteroatoms. The zero-order chi connectivity index (χ0) is 15.8. The second-order valence-corrected chi connectivity index (χ2v) is 6.12. The third-order valence-corrected chi connectivity index (χ3v) is 4.37. The van der Waals surface area contributed by atoms with Gasteiger partial charge in [0.05, 0.1) is 17.9 Å². The first kappa shape index (κ1) is 14.2. The van der Waals surface area contributed by atoms with Gasteiger partial charge in [-0.15, -0.1) is 0 Å². The molecule has 0 bridgehead atoms. The van der Waals surface area contributed by atoms with E-state index in [1.807, 2.05) is 24.3 Å². The molecule has 0 saturated heterocycles. The third kappa shape index (κ3) is 2.80. The van der Waals surface area contributed by atoms with Crippen molar-refractivity contribution in [3.63, 3.8) is 0 Å². The fourth-order valence-corrected chi connectivity index (χ4v) is 2.89. The Hall–Kier alpha value is -2.40. The molecule has 0 amide bonds. The summed E-state index contributed by atoms with van der Waals surface area (Å²) in [6.45, 7) is 0. The van der Waals surface area contributed by atoms with E-state index >= 15 is 0 Å². The summed E-state index contributed by atoms with van der Waals surface area (Å²) >= 11 is 6.26. The summed E-state index contributed by atoms with van der Waals surface area (Å²) in [7, 11) is 0. The van der Waals surface area contributed by atoms with E-state index in [4.69, 9.17) is 16.3 Å². The van der Waals surface area contributed by atoms with Crippen molar-refractivity contribution >= 4 is 28.5 Å². The summed E-state index contributed by atoms with van der Waals surface area (Å²) in [6.07, 6.45) is 4.99. The van der Waals surface area contributed by atoms with Crippen LogP contribution < -0.4 is 0 Å². The van der Waals surface area contributed by atoms with Crippen LogP contribution in [0.2, 0.25) is 5.02 Å². The summed E-state index contributed by atoms with van der Waals surface area (Å²) in [5.41, 5.74) is 1.91. The highest BCUT2D eigenvalue weighted by atomic mass is 35.5. The largest absolute Gasteiger partial charge is 0.452 e. The average Bonchev–Trinajstić information content (AvgIpc) is 3.29. The number of aromatic nitrogens is 3. The number of nitrogens with zero attached hydrogens (tertiary/aromatic N) is 2. The second-order valence-electron chi connectivity index (χ2n) is 5.71. The number of nitrogens with one attached hydrogen (secondary N) is 1. The number of carbonyl (C=O) groups excluding carboxylic acids is 1. The van der Waals surface area contributed by atoms with Gasteiger partial charge in [-0.1, -0.05) is 29.8 Å². The predicted octanol–water partition coefficient (Wildman–Crippen LogP) is 3.92. The maximum Gasteiger partial charge on any atom is 0.357 e. The van der Waals surface area contributed by atoms with Gasteiger partial charge in [-0.25, -0.2) is 9.78 Å². The van der Waals surface area contributed by atoms with Crippen molar-refractivity contribution in [2.75, 3.05) is 0 Å². The molecule has 5 nitrogen and oxygen atoms in total. The van der Waals surface area contributed by atoms with E-state index in [0.29, 0.717) is 10.9 Å². The average molecular weight is 328 g/mol. The van der Waals surface area contributed by atoms with Gasteiger partial charge in [-0.3, -0.25) is 5.10 Å². The van der Waals surface area contributed by atoms with Gasteiger partial charge >= 0.3 is 5.97 Å². The Bertz CT molecular complexity index is 873. The van der Waals surface area contributed by atoms with Crippen LogP contribution in [-0.2, 0) is 4.74 Å². The van der Waals surface area contributed by atoms with E-state index in [9.17, 15) is 4.79 Å². The van der Waals surface area contributed by atoms with E-state index < -0.39 is 5.97 Å². The number of ether oxygens (including phenoxy) is 1. The van der Waals surface area contributed by atoms with Gasteiger partial charge < -0.3 is 4.74 Å². The Morgan fingerprint density at radius 1 is 1.30 bits per heavy atom. The highest BCUT2D eigenvalue weighted by Crippen LogP contribution is 2.45. The number of fused-ring (bicyclic) bond motifs is 1. The number of esters is 1. The van der Waals surface area contributed by atoms with E-state index in [1.165, 1.54) is 0 Å². The van der Waals surface area contributed by atoms with Crippen molar-refractivity contribution in [1.82, 2.24) is 15.2 Å². The number of rotatable bonds is 4. The molecule has 1 aromatic carbocycles. The van der Waals surface area contributed by atoms with Crippen LogP contribution in [0.5, 0.6) is 0 Å². The molecule has 0 radical (unpaired) electrons.